The summed E-state index contributed by atoms with van der Waals surface area (Å²) in [5.74, 6) is 0.0888. The molecule has 0 spiro atoms. The van der Waals surface area contributed by atoms with Gasteiger partial charge in [0.25, 0.3) is 0 Å². The van der Waals surface area contributed by atoms with Crippen LogP contribution in [0.5, 0.6) is 0 Å². The summed E-state index contributed by atoms with van der Waals surface area (Å²) < 4.78 is 5.33. The fourth-order valence-corrected chi connectivity index (χ4v) is 3.65. The number of nitrogens with one attached hydrogen (secondary N) is 1. The van der Waals surface area contributed by atoms with Crippen LogP contribution in [0.15, 0.2) is 54.6 Å². The molecule has 0 aliphatic rings. The van der Waals surface area contributed by atoms with Crippen LogP contribution in [0.3, 0.4) is 0 Å². The van der Waals surface area contributed by atoms with Crippen molar-refractivity contribution in [2.45, 2.75) is 40.3 Å². The zero-order valence-electron chi connectivity index (χ0n) is 17.0. The molecule has 28 heavy (non-hydrogen) atoms. The van der Waals surface area contributed by atoms with Gasteiger partial charge in [0.05, 0.1) is 23.4 Å². The molecule has 4 heteroatoms. The van der Waals surface area contributed by atoms with Crippen molar-refractivity contribution in [3.63, 3.8) is 0 Å². The van der Waals surface area contributed by atoms with E-state index in [1.807, 2.05) is 44.2 Å². The number of hydrogen-bond acceptors (Lipinski definition) is 4. The van der Waals surface area contributed by atoms with Gasteiger partial charge in [0, 0.05) is 18.0 Å². The quantitative estimate of drug-likeness (QED) is 0.575. The lowest BCUT2D eigenvalue weighted by Gasteiger charge is -2.24. The van der Waals surface area contributed by atoms with Gasteiger partial charge in [0.1, 0.15) is 0 Å². The number of rotatable bonds is 7. The predicted octanol–water partition coefficient (Wildman–Crippen LogP) is 5.21. The Morgan fingerprint density at radius 2 is 1.75 bits per heavy atom. The Kier molecular flexibility index (Phi) is 6.42. The van der Waals surface area contributed by atoms with Crippen molar-refractivity contribution < 1.29 is 9.53 Å². The number of para-hydroxylation sites is 1. The maximum Gasteiger partial charge on any atom is 0.340 e. The Morgan fingerprint density at radius 3 is 2.43 bits per heavy atom. The minimum absolute atomic E-state index is 0.171. The molecule has 146 valence electrons. The van der Waals surface area contributed by atoms with Crippen LogP contribution >= 0.6 is 0 Å². The molecule has 2 aromatic carbocycles. The number of nitrogens with zero attached hydrogens (tertiary/aromatic N) is 1. The predicted molar refractivity (Wildman–Crippen MR) is 113 cm³/mol. The van der Waals surface area contributed by atoms with Crippen LogP contribution in [0.2, 0.25) is 0 Å². The summed E-state index contributed by atoms with van der Waals surface area (Å²) in [6.45, 7) is 9.01. The Morgan fingerprint density at radius 1 is 1.07 bits per heavy atom. The third-order valence-corrected chi connectivity index (χ3v) is 5.02. The Balaban J connectivity index is 1.99. The van der Waals surface area contributed by atoms with Gasteiger partial charge >= 0.3 is 5.97 Å². The molecule has 0 fully saturated rings. The summed E-state index contributed by atoms with van der Waals surface area (Å²) in [4.78, 5) is 17.5. The van der Waals surface area contributed by atoms with E-state index in [1.54, 1.807) is 0 Å². The zero-order valence-corrected chi connectivity index (χ0v) is 17.0. The van der Waals surface area contributed by atoms with Crippen molar-refractivity contribution >= 4 is 16.9 Å². The second kappa shape index (κ2) is 8.98. The molecule has 0 radical (unpaired) electrons. The molecule has 0 saturated heterocycles. The van der Waals surface area contributed by atoms with Crippen molar-refractivity contribution in [2.24, 2.45) is 5.92 Å². The fourth-order valence-electron chi connectivity index (χ4n) is 3.65. The highest BCUT2D eigenvalue weighted by molar-refractivity contribution is 5.98. The number of aryl methyl sites for hydroxylation is 1. The summed E-state index contributed by atoms with van der Waals surface area (Å²) >= 11 is 0. The average Bonchev–Trinajstić information content (AvgIpc) is 2.69. The van der Waals surface area contributed by atoms with Crippen LogP contribution in [0, 0.1) is 12.8 Å². The van der Waals surface area contributed by atoms with E-state index < -0.39 is 0 Å². The second-order valence-corrected chi connectivity index (χ2v) is 7.31. The van der Waals surface area contributed by atoms with E-state index in [4.69, 9.17) is 9.72 Å². The Labute approximate surface area is 166 Å². The van der Waals surface area contributed by atoms with Crippen LogP contribution in [0.25, 0.3) is 10.9 Å². The standard InChI is InChI=1S/C24H28N2O2/c1-5-28-24(27)22-17(4)19-13-9-10-14-20(19)26-21(22)15-25-23(16(2)3)18-11-7-6-8-12-18/h6-14,16,23,25H,5,15H2,1-4H3/t23-/m0/s1. The van der Waals surface area contributed by atoms with Crippen LogP contribution in [0.1, 0.15) is 54.0 Å². The molecule has 3 rings (SSSR count). The number of pyridine rings is 1. The van der Waals surface area contributed by atoms with Crippen molar-refractivity contribution in [1.29, 1.82) is 0 Å². The summed E-state index contributed by atoms with van der Waals surface area (Å²) in [5.41, 5.74) is 4.35. The number of ether oxygens (including phenoxy) is 1. The van der Waals surface area contributed by atoms with E-state index in [9.17, 15) is 4.79 Å². The van der Waals surface area contributed by atoms with E-state index in [0.29, 0.717) is 24.6 Å². The van der Waals surface area contributed by atoms with Crippen LogP contribution in [0.4, 0.5) is 0 Å². The Hall–Kier alpha value is -2.72. The number of carbonyl (C=O) groups is 1. The van der Waals surface area contributed by atoms with Crippen LogP contribution < -0.4 is 5.32 Å². The van der Waals surface area contributed by atoms with E-state index in [0.717, 1.165) is 22.2 Å². The number of benzene rings is 2. The van der Waals surface area contributed by atoms with Crippen LogP contribution in [-0.2, 0) is 11.3 Å². The maximum atomic E-state index is 12.7. The highest BCUT2D eigenvalue weighted by Gasteiger charge is 2.22. The van der Waals surface area contributed by atoms with Gasteiger partial charge in [-0.2, -0.15) is 0 Å². The second-order valence-electron chi connectivity index (χ2n) is 7.31. The van der Waals surface area contributed by atoms with Crippen molar-refractivity contribution in [2.75, 3.05) is 6.61 Å². The molecule has 0 amide bonds. The highest BCUT2D eigenvalue weighted by Crippen LogP contribution is 2.26. The molecule has 1 atom stereocenters. The first-order valence-electron chi connectivity index (χ1n) is 9.86. The third kappa shape index (κ3) is 4.23. The molecule has 0 aliphatic carbocycles. The number of aromatic nitrogens is 1. The first-order chi connectivity index (χ1) is 13.5. The smallest absolute Gasteiger partial charge is 0.340 e. The number of carbonyl (C=O) groups excluding carboxylic acids is 1. The van der Waals surface area contributed by atoms with Crippen LogP contribution in [-0.4, -0.2) is 17.6 Å². The summed E-state index contributed by atoms with van der Waals surface area (Å²) in [5, 5.41) is 4.59. The molecule has 1 N–H and O–H groups in total. The molecule has 0 unspecified atom stereocenters. The lowest BCUT2D eigenvalue weighted by atomic mass is 9.95. The van der Waals surface area contributed by atoms with Crippen molar-refractivity contribution in [3.05, 3.63) is 77.0 Å². The van der Waals surface area contributed by atoms with E-state index in [-0.39, 0.29) is 12.0 Å². The van der Waals surface area contributed by atoms with Gasteiger partial charge in [-0.25, -0.2) is 4.79 Å². The lowest BCUT2D eigenvalue weighted by Crippen LogP contribution is -2.27. The summed E-state index contributed by atoms with van der Waals surface area (Å²) in [6.07, 6.45) is 0. The SMILES string of the molecule is CCOC(=O)c1c(CN[C@H](c2ccccc2)C(C)C)nc2ccccc2c1C. The molecular weight excluding hydrogens is 348 g/mol. The number of esters is 1. The number of fused-ring (bicyclic) bond motifs is 1. The number of hydrogen-bond donors (Lipinski definition) is 1. The van der Waals surface area contributed by atoms with Gasteiger partial charge in [0.15, 0.2) is 0 Å². The molecule has 3 aromatic rings. The largest absolute Gasteiger partial charge is 0.462 e. The fraction of sp³-hybridized carbons (Fsp3) is 0.333. The average molecular weight is 377 g/mol. The van der Waals surface area contributed by atoms with Gasteiger partial charge in [-0.1, -0.05) is 62.4 Å². The molecule has 1 aromatic heterocycles. The zero-order chi connectivity index (χ0) is 20.1. The van der Waals surface area contributed by atoms with Gasteiger partial charge < -0.3 is 10.1 Å². The molecule has 0 saturated carbocycles. The molecule has 4 nitrogen and oxygen atoms in total. The lowest BCUT2D eigenvalue weighted by molar-refractivity contribution is 0.0523. The first-order valence-corrected chi connectivity index (χ1v) is 9.86. The van der Waals surface area contributed by atoms with Crippen molar-refractivity contribution in [3.8, 4) is 0 Å². The first kappa shape index (κ1) is 20.0. The summed E-state index contributed by atoms with van der Waals surface area (Å²) in [7, 11) is 0. The monoisotopic (exact) mass is 376 g/mol. The Bertz CT molecular complexity index is 951. The molecule has 0 aliphatic heterocycles. The topological polar surface area (TPSA) is 51.2 Å². The van der Waals surface area contributed by atoms with E-state index in [1.165, 1.54) is 5.56 Å². The maximum absolute atomic E-state index is 12.7. The minimum Gasteiger partial charge on any atom is -0.462 e. The van der Waals surface area contributed by atoms with Gasteiger partial charge in [-0.3, -0.25) is 4.98 Å². The minimum atomic E-state index is -0.309. The molecule has 1 heterocycles. The van der Waals surface area contributed by atoms with Gasteiger partial charge in [-0.05, 0) is 37.0 Å². The van der Waals surface area contributed by atoms with Gasteiger partial charge in [-0.15, -0.1) is 0 Å². The van der Waals surface area contributed by atoms with Gasteiger partial charge in [0.2, 0.25) is 0 Å². The van der Waals surface area contributed by atoms with Crippen molar-refractivity contribution in [1.82, 2.24) is 10.3 Å². The normalized spacial score (nSPS) is 12.3. The van der Waals surface area contributed by atoms with E-state index in [2.05, 4.69) is 43.4 Å². The third-order valence-electron chi connectivity index (χ3n) is 5.02. The summed E-state index contributed by atoms with van der Waals surface area (Å²) in [6, 6.07) is 18.5. The highest BCUT2D eigenvalue weighted by atomic mass is 16.5. The molecular formula is C24H28N2O2. The van der Waals surface area contributed by atoms with E-state index >= 15 is 0 Å². The molecule has 0 bridgehead atoms.